The number of ether oxygens (including phenoxy) is 1. The first kappa shape index (κ1) is 15.7. The maximum atomic E-state index is 11.8. The van der Waals surface area contributed by atoms with Gasteiger partial charge in [0.2, 0.25) is 0 Å². The molecule has 0 saturated carbocycles. The molecule has 0 aromatic carbocycles. The van der Waals surface area contributed by atoms with Crippen LogP contribution < -0.4 is 0 Å². The summed E-state index contributed by atoms with van der Waals surface area (Å²) in [5, 5.41) is 0. The zero-order chi connectivity index (χ0) is 14.4. The second kappa shape index (κ2) is 7.27. The van der Waals surface area contributed by atoms with E-state index in [1.807, 2.05) is 0 Å². The predicted octanol–water partition coefficient (Wildman–Crippen LogP) is 3.45. The molecule has 0 unspecified atom stereocenters. The van der Waals surface area contributed by atoms with Crippen molar-refractivity contribution in [2.24, 2.45) is 11.8 Å². The molecule has 1 aliphatic rings. The van der Waals surface area contributed by atoms with Gasteiger partial charge >= 0.3 is 5.97 Å². The standard InChI is InChI=1S/C16H24O3/c1-11(2)6-5-7-13-8-9-14(12(3)17)15(10-13)16(18)19-4/h6,8,14-15H,5,7,9-10H2,1-4H3/t14-,15+/m0/s1. The fourth-order valence-corrected chi connectivity index (χ4v) is 2.56. The van der Waals surface area contributed by atoms with Crippen molar-refractivity contribution in [3.8, 4) is 0 Å². The van der Waals surface area contributed by atoms with E-state index in [1.165, 1.54) is 18.3 Å². The largest absolute Gasteiger partial charge is 0.469 e. The van der Waals surface area contributed by atoms with Gasteiger partial charge in [-0.1, -0.05) is 23.3 Å². The van der Waals surface area contributed by atoms with E-state index >= 15 is 0 Å². The molecule has 0 saturated heterocycles. The number of carbonyl (C=O) groups is 2. The van der Waals surface area contributed by atoms with E-state index in [9.17, 15) is 9.59 Å². The van der Waals surface area contributed by atoms with Gasteiger partial charge in [-0.3, -0.25) is 9.59 Å². The van der Waals surface area contributed by atoms with Crippen molar-refractivity contribution < 1.29 is 14.3 Å². The lowest BCUT2D eigenvalue weighted by Gasteiger charge is -2.27. The summed E-state index contributed by atoms with van der Waals surface area (Å²) in [5.41, 5.74) is 2.58. The number of ketones is 1. The number of hydrogen-bond acceptors (Lipinski definition) is 3. The maximum absolute atomic E-state index is 11.8. The molecular weight excluding hydrogens is 240 g/mol. The third kappa shape index (κ3) is 4.66. The smallest absolute Gasteiger partial charge is 0.309 e. The third-order valence-corrected chi connectivity index (χ3v) is 3.67. The van der Waals surface area contributed by atoms with Gasteiger partial charge in [-0.15, -0.1) is 0 Å². The third-order valence-electron chi connectivity index (χ3n) is 3.67. The van der Waals surface area contributed by atoms with Gasteiger partial charge in [0, 0.05) is 5.92 Å². The van der Waals surface area contributed by atoms with Crippen molar-refractivity contribution >= 4 is 11.8 Å². The molecule has 0 spiro atoms. The molecule has 0 N–H and O–H groups in total. The minimum absolute atomic E-state index is 0.0787. The molecule has 3 heteroatoms. The van der Waals surface area contributed by atoms with Crippen LogP contribution in [0.2, 0.25) is 0 Å². The van der Waals surface area contributed by atoms with E-state index in [-0.39, 0.29) is 23.6 Å². The van der Waals surface area contributed by atoms with Gasteiger partial charge in [0.1, 0.15) is 5.78 Å². The second-order valence-corrected chi connectivity index (χ2v) is 5.47. The number of rotatable bonds is 5. The van der Waals surface area contributed by atoms with E-state index in [1.54, 1.807) is 6.92 Å². The molecular formula is C16H24O3. The highest BCUT2D eigenvalue weighted by Crippen LogP contribution is 2.33. The van der Waals surface area contributed by atoms with Crippen LogP contribution in [0.4, 0.5) is 0 Å². The molecule has 0 aromatic rings. The van der Waals surface area contributed by atoms with Crippen molar-refractivity contribution in [3.63, 3.8) is 0 Å². The Morgan fingerprint density at radius 2 is 2.00 bits per heavy atom. The van der Waals surface area contributed by atoms with Crippen LogP contribution in [0.1, 0.15) is 46.5 Å². The number of methoxy groups -OCH3 is 1. The second-order valence-electron chi connectivity index (χ2n) is 5.47. The quantitative estimate of drug-likeness (QED) is 0.564. The van der Waals surface area contributed by atoms with Crippen LogP contribution in [0, 0.1) is 11.8 Å². The average Bonchev–Trinajstić information content (AvgIpc) is 2.37. The highest BCUT2D eigenvalue weighted by atomic mass is 16.5. The highest BCUT2D eigenvalue weighted by molar-refractivity contribution is 5.85. The number of Topliss-reactive ketones (excluding diaryl/α,β-unsaturated/α-hetero) is 1. The Morgan fingerprint density at radius 3 is 2.53 bits per heavy atom. The lowest BCUT2D eigenvalue weighted by Crippen LogP contribution is -2.32. The number of esters is 1. The molecule has 0 amide bonds. The van der Waals surface area contributed by atoms with Crippen molar-refractivity contribution in [2.75, 3.05) is 7.11 Å². The molecule has 0 aromatic heterocycles. The highest BCUT2D eigenvalue weighted by Gasteiger charge is 2.34. The van der Waals surface area contributed by atoms with Crippen LogP contribution in [0.5, 0.6) is 0 Å². The molecule has 1 rings (SSSR count). The zero-order valence-electron chi connectivity index (χ0n) is 12.4. The molecule has 3 nitrogen and oxygen atoms in total. The Labute approximate surface area is 115 Å². The van der Waals surface area contributed by atoms with Gasteiger partial charge < -0.3 is 4.74 Å². The van der Waals surface area contributed by atoms with Gasteiger partial charge in [0.15, 0.2) is 0 Å². The number of hydrogen-bond donors (Lipinski definition) is 0. The molecule has 106 valence electrons. The Kier molecular flexibility index (Phi) is 6.00. The van der Waals surface area contributed by atoms with Gasteiger partial charge in [-0.2, -0.15) is 0 Å². The fourth-order valence-electron chi connectivity index (χ4n) is 2.56. The van der Waals surface area contributed by atoms with Crippen LogP contribution in [0.25, 0.3) is 0 Å². The molecule has 1 aliphatic carbocycles. The van der Waals surface area contributed by atoms with Crippen molar-refractivity contribution in [3.05, 3.63) is 23.3 Å². The van der Waals surface area contributed by atoms with E-state index in [4.69, 9.17) is 4.74 Å². The Morgan fingerprint density at radius 1 is 1.32 bits per heavy atom. The number of carbonyl (C=O) groups excluding carboxylic acids is 2. The topological polar surface area (TPSA) is 43.4 Å². The van der Waals surface area contributed by atoms with Gasteiger partial charge in [-0.05, 0) is 46.5 Å². The Hall–Kier alpha value is -1.38. The Balaban J connectivity index is 2.71. The fraction of sp³-hybridized carbons (Fsp3) is 0.625. The first-order valence-corrected chi connectivity index (χ1v) is 6.85. The first-order valence-electron chi connectivity index (χ1n) is 6.85. The minimum Gasteiger partial charge on any atom is -0.469 e. The van der Waals surface area contributed by atoms with Crippen LogP contribution in [-0.4, -0.2) is 18.9 Å². The summed E-state index contributed by atoms with van der Waals surface area (Å²) in [4.78, 5) is 23.4. The monoisotopic (exact) mass is 264 g/mol. The average molecular weight is 264 g/mol. The van der Waals surface area contributed by atoms with Crippen LogP contribution in [-0.2, 0) is 14.3 Å². The van der Waals surface area contributed by atoms with Crippen LogP contribution in [0.15, 0.2) is 23.3 Å². The summed E-state index contributed by atoms with van der Waals surface area (Å²) in [7, 11) is 1.39. The van der Waals surface area contributed by atoms with Gasteiger partial charge in [0.05, 0.1) is 13.0 Å². The first-order chi connectivity index (χ1) is 8.95. The lowest BCUT2D eigenvalue weighted by atomic mass is 9.76. The van der Waals surface area contributed by atoms with Crippen molar-refractivity contribution in [1.82, 2.24) is 0 Å². The summed E-state index contributed by atoms with van der Waals surface area (Å²) in [6.07, 6.45) is 7.61. The molecule has 19 heavy (non-hydrogen) atoms. The summed E-state index contributed by atoms with van der Waals surface area (Å²) in [5.74, 6) is -0.683. The molecule has 2 atom stereocenters. The molecule has 0 radical (unpaired) electrons. The maximum Gasteiger partial charge on any atom is 0.309 e. The number of allylic oxidation sites excluding steroid dienone is 4. The zero-order valence-corrected chi connectivity index (χ0v) is 12.4. The van der Waals surface area contributed by atoms with E-state index in [0.29, 0.717) is 12.8 Å². The van der Waals surface area contributed by atoms with Gasteiger partial charge in [-0.25, -0.2) is 0 Å². The summed E-state index contributed by atoms with van der Waals surface area (Å²) >= 11 is 0. The minimum atomic E-state index is -0.297. The molecule has 0 heterocycles. The molecule has 0 bridgehead atoms. The van der Waals surface area contributed by atoms with E-state index < -0.39 is 0 Å². The predicted molar refractivity (Wildman–Crippen MR) is 75.7 cm³/mol. The van der Waals surface area contributed by atoms with Crippen LogP contribution in [0.3, 0.4) is 0 Å². The van der Waals surface area contributed by atoms with Gasteiger partial charge in [0.25, 0.3) is 0 Å². The Bertz CT molecular complexity index is 400. The van der Waals surface area contributed by atoms with E-state index in [2.05, 4.69) is 26.0 Å². The van der Waals surface area contributed by atoms with Crippen molar-refractivity contribution in [1.29, 1.82) is 0 Å². The van der Waals surface area contributed by atoms with Crippen LogP contribution >= 0.6 is 0 Å². The summed E-state index contributed by atoms with van der Waals surface area (Å²) in [6, 6.07) is 0. The summed E-state index contributed by atoms with van der Waals surface area (Å²) < 4.78 is 4.83. The molecule has 0 aliphatic heterocycles. The van der Waals surface area contributed by atoms with Crippen molar-refractivity contribution in [2.45, 2.75) is 46.5 Å². The summed E-state index contributed by atoms with van der Waals surface area (Å²) in [6.45, 7) is 5.72. The van der Waals surface area contributed by atoms with E-state index in [0.717, 1.165) is 12.8 Å². The molecule has 0 fully saturated rings. The lowest BCUT2D eigenvalue weighted by molar-refractivity contribution is -0.150. The normalized spacial score (nSPS) is 22.4. The SMILES string of the molecule is COC(=O)[C@@H]1CC(CCC=C(C)C)=CC[C@H]1C(C)=O.